The molecule has 0 bridgehead atoms. The van der Waals surface area contributed by atoms with Crippen molar-refractivity contribution in [3.8, 4) is 0 Å². The van der Waals surface area contributed by atoms with Crippen LogP contribution in [0.1, 0.15) is 6.92 Å². The van der Waals surface area contributed by atoms with Crippen LogP contribution in [0.5, 0.6) is 0 Å². The molecule has 0 rings (SSSR count). The van der Waals surface area contributed by atoms with E-state index in [2.05, 4.69) is 13.2 Å². The third kappa shape index (κ3) is 31.6. The molecule has 0 radical (unpaired) electrons. The van der Waals surface area contributed by atoms with Gasteiger partial charge in [-0.2, -0.15) is 0 Å². The van der Waals surface area contributed by atoms with Crippen LogP contribution >= 0.6 is 0 Å². The molecule has 0 N–H and O–H groups in total. The first-order valence-electron chi connectivity index (χ1n) is 2.62. The fourth-order valence-electron chi connectivity index (χ4n) is 0. The van der Waals surface area contributed by atoms with E-state index in [0.717, 1.165) is 6.08 Å². The molecule has 0 atom stereocenters. The molecule has 0 unspecified atom stereocenters. The number of carboxylic acid groups (broad SMARTS) is 2. The van der Waals surface area contributed by atoms with E-state index in [4.69, 9.17) is 9.90 Å². The van der Waals surface area contributed by atoms with Crippen molar-refractivity contribution in [3.63, 3.8) is 0 Å². The van der Waals surface area contributed by atoms with Gasteiger partial charge in [0.25, 0.3) is 0 Å². The molecule has 0 aromatic rings. The summed E-state index contributed by atoms with van der Waals surface area (Å²) in [5, 5.41) is 18.6. The first-order valence-corrected chi connectivity index (χ1v) is 2.62. The quantitative estimate of drug-likeness (QED) is 0.351. The molecule has 62 valence electrons. The number of hydrogen-bond donors (Lipinski definition) is 0. The van der Waals surface area contributed by atoms with Crippen LogP contribution in [0, 0.1) is 0 Å². The van der Waals surface area contributed by atoms with Gasteiger partial charge < -0.3 is 19.8 Å². The molecule has 0 aliphatic heterocycles. The van der Waals surface area contributed by atoms with Crippen molar-refractivity contribution in [3.05, 3.63) is 24.8 Å². The summed E-state index contributed by atoms with van der Waals surface area (Å²) >= 11 is 0. The van der Waals surface area contributed by atoms with Crippen molar-refractivity contribution in [2.24, 2.45) is 0 Å². The van der Waals surface area contributed by atoms with Crippen LogP contribution in [0.15, 0.2) is 24.8 Å². The Morgan fingerprint density at radius 2 is 1.38 bits per heavy atom. The van der Waals surface area contributed by atoms with Crippen LogP contribution in [0.3, 0.4) is 0 Å². The van der Waals surface area contributed by atoms with Gasteiger partial charge in [0, 0.05) is 0 Å². The van der Waals surface area contributed by atoms with E-state index in [-0.39, 0.29) is 108 Å². The molecule has 0 aliphatic carbocycles. The smallest absolute Gasteiger partial charge is 0.545 e. The molecule has 0 aromatic heterocycles. The summed E-state index contributed by atoms with van der Waals surface area (Å²) in [5.41, 5.74) is 0.0648. The summed E-state index contributed by atoms with van der Waals surface area (Å²) in [7, 11) is 0. The number of rotatable bonds is 2. The Morgan fingerprint density at radius 1 is 1.23 bits per heavy atom. The first-order chi connectivity index (χ1) is 4.91. The monoisotopic (exact) mass is 234 g/mol. The standard InChI is InChI=1S/C4H6O2.C3H4O2.2K/c1-3(2)4(5)6;1-2-3(4)5;;/h1H2,2H3,(H,5,6);2H,1H2,(H,4,5);;/q;;2*+1/p-2. The van der Waals surface area contributed by atoms with E-state index in [1.54, 1.807) is 0 Å². The van der Waals surface area contributed by atoms with Gasteiger partial charge in [-0.3, -0.25) is 0 Å². The third-order valence-corrected chi connectivity index (χ3v) is 0.515. The van der Waals surface area contributed by atoms with Crippen LogP contribution < -0.4 is 113 Å². The predicted octanol–water partition coefficient (Wildman–Crippen LogP) is -7.76. The van der Waals surface area contributed by atoms with Crippen molar-refractivity contribution in [1.29, 1.82) is 0 Å². The average molecular weight is 234 g/mol. The second-order valence-electron chi connectivity index (χ2n) is 1.59. The molecule has 0 amide bonds. The van der Waals surface area contributed by atoms with Gasteiger partial charge in [0.2, 0.25) is 0 Å². The molecule has 0 aliphatic rings. The average Bonchev–Trinajstić information content (AvgIpc) is 1.89. The summed E-state index contributed by atoms with van der Waals surface area (Å²) in [6, 6.07) is 0. The number of carbonyl (C=O) groups excluding carboxylic acids is 2. The van der Waals surface area contributed by atoms with Crippen molar-refractivity contribution in [1.82, 2.24) is 0 Å². The fraction of sp³-hybridized carbons (Fsp3) is 0.143. The van der Waals surface area contributed by atoms with Crippen LogP contribution in [-0.4, -0.2) is 11.9 Å². The molecule has 0 heterocycles. The summed E-state index contributed by atoms with van der Waals surface area (Å²) in [6.45, 7) is 7.38. The molecule has 0 saturated carbocycles. The van der Waals surface area contributed by atoms with E-state index < -0.39 is 11.9 Å². The number of aliphatic carboxylic acids is 2. The molecule has 0 saturated heterocycles. The first kappa shape index (κ1) is 24.1. The van der Waals surface area contributed by atoms with Crippen LogP contribution in [0.25, 0.3) is 0 Å². The maximum atomic E-state index is 9.49. The van der Waals surface area contributed by atoms with Crippen molar-refractivity contribution in [2.45, 2.75) is 6.92 Å². The molecule has 4 nitrogen and oxygen atoms in total. The zero-order valence-corrected chi connectivity index (χ0v) is 14.4. The molecule has 0 spiro atoms. The normalized spacial score (nSPS) is 5.92. The number of carbonyl (C=O) groups is 2. The Hall–Kier alpha value is 1.69. The molecular weight excluding hydrogens is 226 g/mol. The molecule has 6 heteroatoms. The zero-order chi connectivity index (χ0) is 9.44. The summed E-state index contributed by atoms with van der Waals surface area (Å²) in [4.78, 5) is 18.6. The number of hydrogen-bond acceptors (Lipinski definition) is 4. The topological polar surface area (TPSA) is 80.3 Å². The van der Waals surface area contributed by atoms with Gasteiger partial charge in [0.05, 0.1) is 11.9 Å². The van der Waals surface area contributed by atoms with Gasteiger partial charge in [-0.05, 0) is 18.6 Å². The van der Waals surface area contributed by atoms with Crippen molar-refractivity contribution < 1.29 is 123 Å². The minimum Gasteiger partial charge on any atom is -0.545 e. The third-order valence-electron chi connectivity index (χ3n) is 0.515. The Labute approximate surface area is 162 Å². The SMILES string of the molecule is C=C(C)C(=O)[O-].C=CC(=O)[O-].[K+].[K+]. The van der Waals surface area contributed by atoms with Gasteiger partial charge in [-0.25, -0.2) is 0 Å². The largest absolute Gasteiger partial charge is 1.00 e. The predicted molar refractivity (Wildman–Crippen MR) is 35.0 cm³/mol. The summed E-state index contributed by atoms with van der Waals surface area (Å²) in [6.07, 6.45) is 0.722. The summed E-state index contributed by atoms with van der Waals surface area (Å²) < 4.78 is 0. The number of carboxylic acids is 2. The van der Waals surface area contributed by atoms with Crippen LogP contribution in [0.2, 0.25) is 0 Å². The second-order valence-corrected chi connectivity index (χ2v) is 1.59. The molecule has 0 fully saturated rings. The minimum absolute atomic E-state index is 0. The van der Waals surface area contributed by atoms with Crippen molar-refractivity contribution >= 4 is 11.9 Å². The Bertz CT molecular complexity index is 177. The van der Waals surface area contributed by atoms with E-state index in [1.807, 2.05) is 0 Å². The van der Waals surface area contributed by atoms with E-state index in [1.165, 1.54) is 6.92 Å². The van der Waals surface area contributed by atoms with E-state index in [0.29, 0.717) is 0 Å². The molecule has 13 heavy (non-hydrogen) atoms. The Balaban J connectivity index is -0.0000000546. The Kier molecular flexibility index (Phi) is 29.9. The van der Waals surface area contributed by atoms with Gasteiger partial charge in [-0.1, -0.05) is 13.2 Å². The zero-order valence-electron chi connectivity index (χ0n) is 8.12. The maximum Gasteiger partial charge on any atom is 1.00 e. The van der Waals surface area contributed by atoms with Gasteiger partial charge in [0.15, 0.2) is 0 Å². The second kappa shape index (κ2) is 16.1. The van der Waals surface area contributed by atoms with Gasteiger partial charge in [0.1, 0.15) is 0 Å². The van der Waals surface area contributed by atoms with E-state index >= 15 is 0 Å². The van der Waals surface area contributed by atoms with Gasteiger partial charge in [-0.15, -0.1) is 0 Å². The maximum absolute atomic E-state index is 9.49. The van der Waals surface area contributed by atoms with Crippen LogP contribution in [-0.2, 0) is 9.59 Å². The molecular formula is C7H8K2O4. The summed E-state index contributed by atoms with van der Waals surface area (Å²) in [5.74, 6) is -2.42. The Morgan fingerprint density at radius 3 is 1.38 bits per heavy atom. The van der Waals surface area contributed by atoms with Gasteiger partial charge >= 0.3 is 103 Å². The minimum atomic E-state index is -1.23. The van der Waals surface area contributed by atoms with Crippen molar-refractivity contribution in [2.75, 3.05) is 0 Å². The molecule has 0 aromatic carbocycles. The van der Waals surface area contributed by atoms with Crippen LogP contribution in [0.4, 0.5) is 0 Å². The fourth-order valence-corrected chi connectivity index (χ4v) is 0. The van der Waals surface area contributed by atoms with E-state index in [9.17, 15) is 9.90 Å².